The van der Waals surface area contributed by atoms with Crippen LogP contribution < -0.4 is 0 Å². The van der Waals surface area contributed by atoms with Crippen LogP contribution >= 0.6 is 11.8 Å². The van der Waals surface area contributed by atoms with Gasteiger partial charge in [-0.3, -0.25) is 4.90 Å². The highest BCUT2D eigenvalue weighted by Gasteiger charge is 2.41. The molecule has 0 radical (unpaired) electrons. The van der Waals surface area contributed by atoms with E-state index in [4.69, 9.17) is 0 Å². The van der Waals surface area contributed by atoms with Gasteiger partial charge in [-0.15, -0.1) is 0 Å². The first-order chi connectivity index (χ1) is 13.2. The molecule has 144 valence electrons. The summed E-state index contributed by atoms with van der Waals surface area (Å²) in [6.07, 6.45) is 9.92. The smallest absolute Gasteiger partial charge is 0.187 e. The lowest BCUT2D eigenvalue weighted by Gasteiger charge is -2.49. The number of aromatic nitrogens is 2. The maximum atomic E-state index is 4.42. The van der Waals surface area contributed by atoms with Crippen molar-refractivity contribution < 1.29 is 0 Å². The predicted octanol–water partition coefficient (Wildman–Crippen LogP) is 3.90. The summed E-state index contributed by atoms with van der Waals surface area (Å²) >= 11 is 1.60. The molecule has 1 aromatic heterocycles. The zero-order valence-electron chi connectivity index (χ0n) is 16.5. The molecule has 2 aromatic rings. The number of hydrogen-bond donors (Lipinski definition) is 0. The average molecular weight is 383 g/mol. The van der Waals surface area contributed by atoms with Gasteiger partial charge in [0, 0.05) is 37.6 Å². The van der Waals surface area contributed by atoms with E-state index in [1.165, 1.54) is 56.6 Å². The highest BCUT2D eigenvalue weighted by Crippen LogP contribution is 2.44. The van der Waals surface area contributed by atoms with E-state index in [0.717, 1.165) is 11.7 Å². The van der Waals surface area contributed by atoms with Crippen molar-refractivity contribution >= 4 is 11.8 Å². The fourth-order valence-corrected chi connectivity index (χ4v) is 5.27. The van der Waals surface area contributed by atoms with Gasteiger partial charge in [-0.25, -0.2) is 9.97 Å². The monoisotopic (exact) mass is 382 g/mol. The Morgan fingerprint density at radius 3 is 2.48 bits per heavy atom. The Bertz CT molecular complexity index is 726. The van der Waals surface area contributed by atoms with Gasteiger partial charge < -0.3 is 4.90 Å². The van der Waals surface area contributed by atoms with Crippen LogP contribution in [0.15, 0.2) is 47.9 Å². The molecule has 1 aromatic carbocycles. The lowest BCUT2D eigenvalue weighted by Crippen LogP contribution is -2.50. The summed E-state index contributed by atoms with van der Waals surface area (Å²) in [5.41, 5.74) is 3.21. The highest BCUT2D eigenvalue weighted by atomic mass is 32.2. The quantitative estimate of drug-likeness (QED) is 0.591. The van der Waals surface area contributed by atoms with Crippen molar-refractivity contribution in [2.45, 2.75) is 36.9 Å². The first-order valence-corrected chi connectivity index (χ1v) is 11.2. The van der Waals surface area contributed by atoms with Crippen molar-refractivity contribution in [3.05, 3.63) is 53.9 Å². The van der Waals surface area contributed by atoms with Crippen molar-refractivity contribution in [2.24, 2.45) is 5.41 Å². The Labute approximate surface area is 167 Å². The summed E-state index contributed by atoms with van der Waals surface area (Å²) < 4.78 is 0. The number of likely N-dealkylation sites (N-methyl/N-ethyl adjacent to an activating group) is 1. The minimum Gasteiger partial charge on any atom is -0.305 e. The molecule has 1 atom stereocenters. The fourth-order valence-electron chi connectivity index (χ4n) is 4.95. The molecule has 0 N–H and O–H groups in total. The van der Waals surface area contributed by atoms with Crippen molar-refractivity contribution in [1.82, 2.24) is 19.8 Å². The Hall–Kier alpha value is -1.43. The van der Waals surface area contributed by atoms with Gasteiger partial charge in [0.15, 0.2) is 5.16 Å². The van der Waals surface area contributed by atoms with Gasteiger partial charge in [-0.2, -0.15) is 0 Å². The van der Waals surface area contributed by atoms with Crippen LogP contribution in [0.25, 0.3) is 0 Å². The molecular formula is C22H30N4S. The molecule has 3 heterocycles. The van der Waals surface area contributed by atoms with E-state index in [1.54, 1.807) is 11.8 Å². The van der Waals surface area contributed by atoms with E-state index < -0.39 is 0 Å². The molecule has 2 aliphatic heterocycles. The molecule has 2 saturated heterocycles. The normalized spacial score (nSPS) is 23.6. The number of thioether (sulfide) groups is 1. The van der Waals surface area contributed by atoms with Crippen LogP contribution in [-0.4, -0.2) is 59.3 Å². The lowest BCUT2D eigenvalue weighted by atomic mass is 9.68. The fraction of sp³-hybridized carbons (Fsp3) is 0.545. The summed E-state index contributed by atoms with van der Waals surface area (Å²) in [4.78, 5) is 14.0. The van der Waals surface area contributed by atoms with Gasteiger partial charge in [-0.05, 0) is 62.6 Å². The van der Waals surface area contributed by atoms with Gasteiger partial charge in [0.2, 0.25) is 0 Å². The second-order valence-corrected chi connectivity index (χ2v) is 9.14. The second kappa shape index (κ2) is 8.29. The third-order valence-corrected chi connectivity index (χ3v) is 6.85. The number of piperidine rings is 2. The Balaban J connectivity index is 1.38. The number of likely N-dealkylation sites (tertiary alicyclic amines) is 2. The molecule has 0 aliphatic carbocycles. The molecule has 2 aliphatic rings. The number of rotatable bonds is 4. The van der Waals surface area contributed by atoms with Crippen LogP contribution in [-0.2, 0) is 6.54 Å². The van der Waals surface area contributed by atoms with E-state index in [1.807, 2.05) is 18.6 Å². The van der Waals surface area contributed by atoms with Gasteiger partial charge in [0.05, 0.1) is 0 Å². The van der Waals surface area contributed by atoms with Gasteiger partial charge in [0.25, 0.3) is 0 Å². The van der Waals surface area contributed by atoms with E-state index in [2.05, 4.69) is 57.1 Å². The molecule has 5 heteroatoms. The highest BCUT2D eigenvalue weighted by molar-refractivity contribution is 7.98. The standard InChI is InChI=1S/C22H30N4S/c1-25-16-20(19-6-4-3-5-7-19)12-22(17-25)8-10-26(11-9-22)15-18-13-23-21(27-2)24-14-18/h3-7,13-14,20H,8-12,15-17H2,1-2H3/t20-/m1/s1. The molecule has 1 spiro atoms. The molecule has 0 amide bonds. The lowest BCUT2D eigenvalue weighted by molar-refractivity contribution is 0.0218. The third kappa shape index (κ3) is 4.53. The van der Waals surface area contributed by atoms with Crippen LogP contribution in [0.3, 0.4) is 0 Å². The van der Waals surface area contributed by atoms with Crippen LogP contribution in [0.2, 0.25) is 0 Å². The topological polar surface area (TPSA) is 32.3 Å². The SMILES string of the molecule is CSc1ncc(CN2CCC3(CC2)C[C@@H](c2ccccc2)CN(C)C3)cn1. The van der Waals surface area contributed by atoms with Crippen molar-refractivity contribution in [3.8, 4) is 0 Å². The minimum absolute atomic E-state index is 0.475. The molecule has 27 heavy (non-hydrogen) atoms. The number of nitrogens with zero attached hydrogens (tertiary/aromatic N) is 4. The summed E-state index contributed by atoms with van der Waals surface area (Å²) in [6.45, 7) is 5.77. The van der Waals surface area contributed by atoms with Crippen LogP contribution in [0.4, 0.5) is 0 Å². The zero-order chi connectivity index (χ0) is 18.7. The summed E-state index contributed by atoms with van der Waals surface area (Å²) in [6, 6.07) is 11.1. The predicted molar refractivity (Wildman–Crippen MR) is 112 cm³/mol. The van der Waals surface area contributed by atoms with E-state index in [9.17, 15) is 0 Å². The van der Waals surface area contributed by atoms with E-state index in [-0.39, 0.29) is 0 Å². The number of hydrogen-bond acceptors (Lipinski definition) is 5. The summed E-state index contributed by atoms with van der Waals surface area (Å²) in [5.74, 6) is 0.670. The first kappa shape index (κ1) is 18.9. The average Bonchev–Trinajstić information content (AvgIpc) is 2.71. The van der Waals surface area contributed by atoms with Crippen molar-refractivity contribution in [1.29, 1.82) is 0 Å². The Kier molecular flexibility index (Phi) is 5.81. The molecular weight excluding hydrogens is 352 g/mol. The van der Waals surface area contributed by atoms with Gasteiger partial charge in [-0.1, -0.05) is 42.1 Å². The van der Waals surface area contributed by atoms with Crippen LogP contribution in [0.1, 0.15) is 36.3 Å². The maximum Gasteiger partial charge on any atom is 0.187 e. The minimum atomic E-state index is 0.475. The maximum absolute atomic E-state index is 4.42. The van der Waals surface area contributed by atoms with Crippen molar-refractivity contribution in [2.75, 3.05) is 39.5 Å². The van der Waals surface area contributed by atoms with Gasteiger partial charge in [0.1, 0.15) is 0 Å². The second-order valence-electron chi connectivity index (χ2n) is 8.36. The zero-order valence-corrected chi connectivity index (χ0v) is 17.3. The summed E-state index contributed by atoms with van der Waals surface area (Å²) in [7, 11) is 2.30. The van der Waals surface area contributed by atoms with Crippen LogP contribution in [0.5, 0.6) is 0 Å². The third-order valence-electron chi connectivity index (χ3n) is 6.27. The van der Waals surface area contributed by atoms with Gasteiger partial charge >= 0.3 is 0 Å². The van der Waals surface area contributed by atoms with Crippen LogP contribution in [0, 0.1) is 5.41 Å². The molecule has 2 fully saturated rings. The largest absolute Gasteiger partial charge is 0.305 e. The summed E-state index contributed by atoms with van der Waals surface area (Å²) in [5, 5.41) is 0.855. The molecule has 4 nitrogen and oxygen atoms in total. The molecule has 0 bridgehead atoms. The molecule has 4 rings (SSSR count). The Morgan fingerprint density at radius 1 is 1.11 bits per heavy atom. The Morgan fingerprint density at radius 2 is 1.81 bits per heavy atom. The van der Waals surface area contributed by atoms with E-state index in [0.29, 0.717) is 11.3 Å². The molecule has 0 saturated carbocycles. The number of benzene rings is 1. The van der Waals surface area contributed by atoms with Crippen molar-refractivity contribution in [3.63, 3.8) is 0 Å². The molecule has 0 unspecified atom stereocenters. The van der Waals surface area contributed by atoms with E-state index >= 15 is 0 Å². The first-order valence-electron chi connectivity index (χ1n) is 9.97.